The first-order chi connectivity index (χ1) is 14.7. The van der Waals surface area contributed by atoms with Gasteiger partial charge in [0.15, 0.2) is 22.5 Å². The zero-order chi connectivity index (χ0) is 20.5. The van der Waals surface area contributed by atoms with E-state index in [2.05, 4.69) is 25.4 Å². The lowest BCUT2D eigenvalue weighted by atomic mass is 10.3. The van der Waals surface area contributed by atoms with Gasteiger partial charge in [-0.1, -0.05) is 17.8 Å². The van der Waals surface area contributed by atoms with E-state index in [1.165, 1.54) is 11.8 Å². The van der Waals surface area contributed by atoms with Gasteiger partial charge in [0.25, 0.3) is 0 Å². The molecule has 1 aliphatic carbocycles. The number of benzene rings is 1. The van der Waals surface area contributed by atoms with E-state index in [0.717, 1.165) is 23.5 Å². The van der Waals surface area contributed by atoms with Gasteiger partial charge in [0.05, 0.1) is 10.6 Å². The van der Waals surface area contributed by atoms with Gasteiger partial charge in [-0.3, -0.25) is 14.7 Å². The molecule has 0 spiro atoms. The molecule has 0 atom stereocenters. The third-order valence-electron chi connectivity index (χ3n) is 4.53. The number of ether oxygens (including phenoxy) is 2. The molecule has 1 fully saturated rings. The van der Waals surface area contributed by atoms with Crippen LogP contribution >= 0.6 is 23.1 Å². The van der Waals surface area contributed by atoms with Crippen LogP contribution in [0, 0.1) is 0 Å². The van der Waals surface area contributed by atoms with Gasteiger partial charge in [-0.25, -0.2) is 4.79 Å². The number of carbonyl (C=O) groups excluding carboxylic acids is 2. The number of fused-ring (bicyclic) bond motifs is 1. The smallest absolute Gasteiger partial charge is 0.325 e. The summed E-state index contributed by atoms with van der Waals surface area (Å²) in [4.78, 5) is 25.4. The van der Waals surface area contributed by atoms with Crippen molar-refractivity contribution in [2.45, 2.75) is 24.0 Å². The SMILES string of the molecule is O=C(CSc1nnc(-c2cccs2)n1C1CC1)NC(=O)Nc1ccc2c(c1)OCO2. The largest absolute Gasteiger partial charge is 0.454 e. The number of rotatable bonds is 6. The van der Waals surface area contributed by atoms with E-state index in [0.29, 0.717) is 28.4 Å². The highest BCUT2D eigenvalue weighted by Crippen LogP contribution is 2.41. The molecule has 2 aromatic heterocycles. The summed E-state index contributed by atoms with van der Waals surface area (Å²) in [6.07, 6.45) is 2.15. The third-order valence-corrected chi connectivity index (χ3v) is 6.34. The first kappa shape index (κ1) is 18.9. The van der Waals surface area contributed by atoms with Crippen molar-refractivity contribution < 1.29 is 19.1 Å². The van der Waals surface area contributed by atoms with E-state index >= 15 is 0 Å². The van der Waals surface area contributed by atoms with Crippen LogP contribution in [0.3, 0.4) is 0 Å². The van der Waals surface area contributed by atoms with E-state index in [4.69, 9.17) is 9.47 Å². The number of hydrogen-bond acceptors (Lipinski definition) is 8. The van der Waals surface area contributed by atoms with Crippen LogP contribution in [0.15, 0.2) is 40.9 Å². The molecule has 1 aromatic carbocycles. The summed E-state index contributed by atoms with van der Waals surface area (Å²) in [5.41, 5.74) is 0.506. The molecule has 0 unspecified atom stereocenters. The van der Waals surface area contributed by atoms with Crippen LogP contribution in [0.1, 0.15) is 18.9 Å². The fourth-order valence-corrected chi connectivity index (χ4v) is 4.55. The number of thiophene rings is 1. The molecular weight excluding hydrogens is 426 g/mol. The summed E-state index contributed by atoms with van der Waals surface area (Å²) in [5.74, 6) is 1.65. The minimum Gasteiger partial charge on any atom is -0.454 e. The normalized spacial score (nSPS) is 14.5. The molecule has 0 saturated heterocycles. The quantitative estimate of drug-likeness (QED) is 0.561. The second kappa shape index (κ2) is 8.00. The Morgan fingerprint density at radius 2 is 2.07 bits per heavy atom. The Bertz CT molecular complexity index is 1090. The molecule has 5 rings (SSSR count). The van der Waals surface area contributed by atoms with Gasteiger partial charge in [0, 0.05) is 17.8 Å². The first-order valence-electron chi connectivity index (χ1n) is 9.29. The number of thioether (sulfide) groups is 1. The summed E-state index contributed by atoms with van der Waals surface area (Å²) in [7, 11) is 0. The van der Waals surface area contributed by atoms with Gasteiger partial charge in [0.2, 0.25) is 12.7 Å². The Kier molecular flexibility index (Phi) is 5.05. The minimum atomic E-state index is -0.609. The Labute approximate surface area is 179 Å². The molecule has 1 aliphatic heterocycles. The van der Waals surface area contributed by atoms with Crippen LogP contribution in [0.2, 0.25) is 0 Å². The van der Waals surface area contributed by atoms with Crippen molar-refractivity contribution in [1.82, 2.24) is 20.1 Å². The fourth-order valence-electron chi connectivity index (χ4n) is 3.04. The topological polar surface area (TPSA) is 107 Å². The lowest BCUT2D eigenvalue weighted by Gasteiger charge is -2.09. The number of urea groups is 1. The van der Waals surface area contributed by atoms with E-state index in [1.807, 2.05) is 17.5 Å². The van der Waals surface area contributed by atoms with Gasteiger partial charge < -0.3 is 14.8 Å². The molecule has 154 valence electrons. The minimum absolute atomic E-state index is 0.0594. The monoisotopic (exact) mass is 443 g/mol. The number of imide groups is 1. The second-order valence-corrected chi connectivity index (χ2v) is 8.63. The molecule has 2 aliphatic rings. The zero-order valence-electron chi connectivity index (χ0n) is 15.7. The summed E-state index contributed by atoms with van der Waals surface area (Å²) in [5, 5.41) is 16.2. The Balaban J connectivity index is 1.18. The van der Waals surface area contributed by atoms with Gasteiger partial charge in [-0.15, -0.1) is 21.5 Å². The van der Waals surface area contributed by atoms with Crippen LogP contribution in [0.4, 0.5) is 10.5 Å². The number of nitrogens with zero attached hydrogens (tertiary/aromatic N) is 3. The maximum absolute atomic E-state index is 12.2. The average Bonchev–Trinajstić information content (AvgIpc) is 3.14. The van der Waals surface area contributed by atoms with Crippen LogP contribution in [0.25, 0.3) is 10.7 Å². The fraction of sp³-hybridized carbons (Fsp3) is 0.263. The van der Waals surface area contributed by atoms with Gasteiger partial charge >= 0.3 is 6.03 Å². The van der Waals surface area contributed by atoms with Crippen molar-refractivity contribution in [1.29, 1.82) is 0 Å². The highest BCUT2D eigenvalue weighted by molar-refractivity contribution is 7.99. The molecule has 1 saturated carbocycles. The summed E-state index contributed by atoms with van der Waals surface area (Å²) < 4.78 is 12.6. The van der Waals surface area contributed by atoms with E-state index < -0.39 is 11.9 Å². The van der Waals surface area contributed by atoms with Crippen molar-refractivity contribution in [3.05, 3.63) is 35.7 Å². The lowest BCUT2D eigenvalue weighted by Crippen LogP contribution is -2.35. The van der Waals surface area contributed by atoms with E-state index in [1.54, 1.807) is 29.5 Å². The van der Waals surface area contributed by atoms with Gasteiger partial charge in [-0.2, -0.15) is 0 Å². The summed E-state index contributed by atoms with van der Waals surface area (Å²) in [6.45, 7) is 0.153. The molecule has 11 heteroatoms. The van der Waals surface area contributed by atoms with Crippen molar-refractivity contribution >= 4 is 40.7 Å². The summed E-state index contributed by atoms with van der Waals surface area (Å²) >= 11 is 2.88. The molecule has 2 N–H and O–H groups in total. The zero-order valence-corrected chi connectivity index (χ0v) is 17.3. The standard InChI is InChI=1S/C19H17N5O4S2/c25-16(21-18(26)20-11-3-6-13-14(8-11)28-10-27-13)9-30-19-23-22-17(15-2-1-7-29-15)24(19)12-4-5-12/h1-3,6-8,12H,4-5,9-10H2,(H2,20,21,25,26). The predicted octanol–water partition coefficient (Wildman–Crippen LogP) is 3.51. The number of anilines is 1. The maximum atomic E-state index is 12.2. The highest BCUT2D eigenvalue weighted by atomic mass is 32.2. The molecular formula is C19H17N5O4S2. The predicted molar refractivity (Wildman–Crippen MR) is 112 cm³/mol. The molecule has 3 heterocycles. The number of nitrogens with one attached hydrogen (secondary N) is 2. The molecule has 3 aromatic rings. The van der Waals surface area contributed by atoms with Gasteiger partial charge in [0.1, 0.15) is 0 Å². The number of aromatic nitrogens is 3. The number of hydrogen-bond donors (Lipinski definition) is 2. The number of amides is 3. The average molecular weight is 444 g/mol. The van der Waals surface area contributed by atoms with Crippen molar-refractivity contribution in [3.63, 3.8) is 0 Å². The van der Waals surface area contributed by atoms with Crippen molar-refractivity contribution in [2.75, 3.05) is 17.9 Å². The Hall–Kier alpha value is -3.05. The lowest BCUT2D eigenvalue weighted by molar-refractivity contribution is -0.117. The number of carbonyl (C=O) groups is 2. The summed E-state index contributed by atoms with van der Waals surface area (Å²) in [6, 6.07) is 8.77. The molecule has 3 amide bonds. The first-order valence-corrected chi connectivity index (χ1v) is 11.2. The molecule has 30 heavy (non-hydrogen) atoms. The van der Waals surface area contributed by atoms with E-state index in [9.17, 15) is 9.59 Å². The Morgan fingerprint density at radius 3 is 2.87 bits per heavy atom. The third kappa shape index (κ3) is 3.98. The van der Waals surface area contributed by atoms with E-state index in [-0.39, 0.29) is 12.5 Å². The van der Waals surface area contributed by atoms with Crippen molar-refractivity contribution in [3.8, 4) is 22.2 Å². The van der Waals surface area contributed by atoms with Crippen LogP contribution < -0.4 is 20.1 Å². The second-order valence-electron chi connectivity index (χ2n) is 6.74. The Morgan fingerprint density at radius 1 is 1.20 bits per heavy atom. The van der Waals surface area contributed by atoms with Crippen molar-refractivity contribution in [2.24, 2.45) is 0 Å². The van der Waals surface area contributed by atoms with Crippen LogP contribution in [-0.2, 0) is 4.79 Å². The molecule has 9 nitrogen and oxygen atoms in total. The molecule has 0 radical (unpaired) electrons. The van der Waals surface area contributed by atoms with Gasteiger partial charge in [-0.05, 0) is 36.4 Å². The highest BCUT2D eigenvalue weighted by Gasteiger charge is 2.30. The van der Waals surface area contributed by atoms with Crippen LogP contribution in [-0.4, -0.2) is 39.2 Å². The molecule has 0 bridgehead atoms. The van der Waals surface area contributed by atoms with Crippen LogP contribution in [0.5, 0.6) is 11.5 Å². The maximum Gasteiger partial charge on any atom is 0.325 e.